The van der Waals surface area contributed by atoms with Crippen molar-refractivity contribution in [2.75, 3.05) is 13.7 Å². The Morgan fingerprint density at radius 1 is 1.56 bits per heavy atom. The Labute approximate surface area is 107 Å². The van der Waals surface area contributed by atoms with Gasteiger partial charge >= 0.3 is 0 Å². The van der Waals surface area contributed by atoms with Crippen LogP contribution in [0.5, 0.6) is 5.75 Å². The Morgan fingerprint density at radius 2 is 2.28 bits per heavy atom. The molecule has 4 heteroatoms. The van der Waals surface area contributed by atoms with Gasteiger partial charge in [0.25, 0.3) is 5.91 Å². The molecule has 0 bridgehead atoms. The third-order valence-electron chi connectivity index (χ3n) is 3.19. The van der Waals surface area contributed by atoms with Gasteiger partial charge in [0.05, 0.1) is 6.10 Å². The third kappa shape index (κ3) is 3.23. The second-order valence-electron chi connectivity index (χ2n) is 4.77. The summed E-state index contributed by atoms with van der Waals surface area (Å²) in [5.74, 6) is 0.617. The molecular formula is C14H19NO3. The number of aliphatic hydroxyl groups is 1. The lowest BCUT2D eigenvalue weighted by Gasteiger charge is -2.16. The van der Waals surface area contributed by atoms with Crippen molar-refractivity contribution in [3.8, 4) is 5.75 Å². The number of hydrogen-bond donors (Lipinski definition) is 1. The van der Waals surface area contributed by atoms with Crippen molar-refractivity contribution in [3.63, 3.8) is 0 Å². The minimum atomic E-state index is -0.529. The fourth-order valence-corrected chi connectivity index (χ4v) is 1.78. The molecule has 0 heterocycles. The quantitative estimate of drug-likeness (QED) is 0.864. The monoisotopic (exact) mass is 249 g/mol. The van der Waals surface area contributed by atoms with Crippen LogP contribution in [0, 0.1) is 0 Å². The van der Waals surface area contributed by atoms with Gasteiger partial charge in [0.1, 0.15) is 5.75 Å². The number of likely N-dealkylation sites (N-methyl/N-ethyl adjacent to an activating group) is 1. The van der Waals surface area contributed by atoms with Crippen molar-refractivity contribution in [2.45, 2.75) is 31.9 Å². The van der Waals surface area contributed by atoms with Crippen molar-refractivity contribution in [2.24, 2.45) is 0 Å². The zero-order valence-electron chi connectivity index (χ0n) is 10.8. The first-order chi connectivity index (χ1) is 8.58. The molecular weight excluding hydrogens is 230 g/mol. The van der Waals surface area contributed by atoms with Gasteiger partial charge in [-0.05, 0) is 37.5 Å². The summed E-state index contributed by atoms with van der Waals surface area (Å²) in [7, 11) is 1.82. The predicted molar refractivity (Wildman–Crippen MR) is 68.4 cm³/mol. The predicted octanol–water partition coefficient (Wildman–Crippen LogP) is 1.74. The second-order valence-corrected chi connectivity index (χ2v) is 4.77. The molecule has 2 rings (SSSR count). The van der Waals surface area contributed by atoms with E-state index in [2.05, 4.69) is 0 Å². The Morgan fingerprint density at radius 3 is 2.89 bits per heavy atom. The molecule has 1 amide bonds. The number of hydrogen-bond acceptors (Lipinski definition) is 3. The van der Waals surface area contributed by atoms with Gasteiger partial charge in [-0.1, -0.05) is 12.1 Å². The van der Waals surface area contributed by atoms with Crippen molar-refractivity contribution < 1.29 is 14.6 Å². The van der Waals surface area contributed by atoms with Gasteiger partial charge in [-0.15, -0.1) is 0 Å². The highest BCUT2D eigenvalue weighted by molar-refractivity contribution is 5.78. The van der Waals surface area contributed by atoms with Crippen LogP contribution in [0.1, 0.15) is 31.4 Å². The summed E-state index contributed by atoms with van der Waals surface area (Å²) in [6, 6.07) is 7.60. The van der Waals surface area contributed by atoms with Crippen LogP contribution in [-0.4, -0.2) is 35.6 Å². The van der Waals surface area contributed by atoms with Gasteiger partial charge in [0.15, 0.2) is 6.61 Å². The normalized spacial score (nSPS) is 16.2. The lowest BCUT2D eigenvalue weighted by Crippen LogP contribution is -2.33. The number of aliphatic hydroxyl groups excluding tert-OH is 1. The summed E-state index contributed by atoms with van der Waals surface area (Å²) < 4.78 is 5.46. The molecule has 1 atom stereocenters. The SMILES string of the molecule is CC(O)c1cccc(OCC(=O)N(C)C2CC2)c1. The number of nitrogens with zero attached hydrogens (tertiary/aromatic N) is 1. The van der Waals surface area contributed by atoms with E-state index >= 15 is 0 Å². The molecule has 0 aliphatic heterocycles. The molecule has 1 N–H and O–H groups in total. The molecule has 0 spiro atoms. The summed E-state index contributed by atoms with van der Waals surface area (Å²) in [6.45, 7) is 1.75. The molecule has 1 unspecified atom stereocenters. The first-order valence-electron chi connectivity index (χ1n) is 6.24. The molecule has 0 saturated heterocycles. The summed E-state index contributed by atoms with van der Waals surface area (Å²) in [4.78, 5) is 13.5. The second kappa shape index (κ2) is 5.40. The van der Waals surface area contributed by atoms with E-state index in [0.29, 0.717) is 11.8 Å². The van der Waals surface area contributed by atoms with Gasteiger partial charge in [-0.3, -0.25) is 4.79 Å². The van der Waals surface area contributed by atoms with Crippen LogP contribution in [-0.2, 0) is 4.79 Å². The average molecular weight is 249 g/mol. The van der Waals surface area contributed by atoms with Gasteiger partial charge in [-0.25, -0.2) is 0 Å². The van der Waals surface area contributed by atoms with E-state index in [1.807, 2.05) is 19.2 Å². The van der Waals surface area contributed by atoms with Gasteiger partial charge in [0.2, 0.25) is 0 Å². The zero-order valence-corrected chi connectivity index (χ0v) is 10.8. The van der Waals surface area contributed by atoms with Crippen molar-refractivity contribution >= 4 is 5.91 Å². The molecule has 0 aromatic heterocycles. The highest BCUT2D eigenvalue weighted by Crippen LogP contribution is 2.25. The van der Waals surface area contributed by atoms with Crippen LogP contribution < -0.4 is 4.74 Å². The number of carbonyl (C=O) groups is 1. The highest BCUT2D eigenvalue weighted by atomic mass is 16.5. The molecule has 1 aromatic carbocycles. The Hall–Kier alpha value is -1.55. The molecule has 98 valence electrons. The topological polar surface area (TPSA) is 49.8 Å². The smallest absolute Gasteiger partial charge is 0.260 e. The Balaban J connectivity index is 1.89. The van der Waals surface area contributed by atoms with E-state index in [-0.39, 0.29) is 12.5 Å². The van der Waals surface area contributed by atoms with E-state index in [4.69, 9.17) is 4.74 Å². The highest BCUT2D eigenvalue weighted by Gasteiger charge is 2.29. The maximum Gasteiger partial charge on any atom is 0.260 e. The van der Waals surface area contributed by atoms with Crippen LogP contribution in [0.3, 0.4) is 0 Å². The molecule has 1 aromatic rings. The number of benzene rings is 1. The fraction of sp³-hybridized carbons (Fsp3) is 0.500. The van der Waals surface area contributed by atoms with E-state index < -0.39 is 6.10 Å². The molecule has 1 aliphatic rings. The summed E-state index contributed by atoms with van der Waals surface area (Å²) in [5, 5.41) is 9.46. The molecule has 4 nitrogen and oxygen atoms in total. The van der Waals surface area contributed by atoms with Gasteiger partial charge < -0.3 is 14.7 Å². The maximum atomic E-state index is 11.8. The third-order valence-corrected chi connectivity index (χ3v) is 3.19. The van der Waals surface area contributed by atoms with Crippen LogP contribution >= 0.6 is 0 Å². The molecule has 1 fully saturated rings. The van der Waals surface area contributed by atoms with Gasteiger partial charge in [0, 0.05) is 13.1 Å². The summed E-state index contributed by atoms with van der Waals surface area (Å²) in [6.07, 6.45) is 1.66. The summed E-state index contributed by atoms with van der Waals surface area (Å²) >= 11 is 0. The molecule has 0 radical (unpaired) electrons. The minimum absolute atomic E-state index is 0.0000463. The standard InChI is InChI=1S/C14H19NO3/c1-10(16)11-4-3-5-13(8-11)18-9-14(17)15(2)12-6-7-12/h3-5,8,10,12,16H,6-7,9H2,1-2H3. The number of rotatable bonds is 5. The average Bonchev–Trinajstić information content (AvgIpc) is 3.19. The van der Waals surface area contributed by atoms with Gasteiger partial charge in [-0.2, -0.15) is 0 Å². The van der Waals surface area contributed by atoms with Crippen LogP contribution in [0.2, 0.25) is 0 Å². The van der Waals surface area contributed by atoms with Crippen LogP contribution in [0.4, 0.5) is 0 Å². The van der Waals surface area contributed by atoms with Crippen LogP contribution in [0.25, 0.3) is 0 Å². The molecule has 1 aliphatic carbocycles. The Bertz CT molecular complexity index is 427. The fourth-order valence-electron chi connectivity index (χ4n) is 1.78. The van der Waals surface area contributed by atoms with Crippen molar-refractivity contribution in [3.05, 3.63) is 29.8 Å². The lowest BCUT2D eigenvalue weighted by molar-refractivity contribution is -0.132. The molecule has 1 saturated carbocycles. The number of amides is 1. The number of carbonyl (C=O) groups excluding carboxylic acids is 1. The van der Waals surface area contributed by atoms with E-state index in [1.54, 1.807) is 24.0 Å². The minimum Gasteiger partial charge on any atom is -0.484 e. The van der Waals surface area contributed by atoms with Crippen LogP contribution in [0.15, 0.2) is 24.3 Å². The lowest BCUT2D eigenvalue weighted by atomic mass is 10.1. The van der Waals surface area contributed by atoms with E-state index in [1.165, 1.54) is 0 Å². The van der Waals surface area contributed by atoms with E-state index in [0.717, 1.165) is 18.4 Å². The van der Waals surface area contributed by atoms with E-state index in [9.17, 15) is 9.90 Å². The first-order valence-corrected chi connectivity index (χ1v) is 6.24. The number of ether oxygens (including phenoxy) is 1. The Kier molecular flexibility index (Phi) is 3.87. The maximum absolute atomic E-state index is 11.8. The van der Waals surface area contributed by atoms with Crippen molar-refractivity contribution in [1.82, 2.24) is 4.90 Å². The van der Waals surface area contributed by atoms with Crippen molar-refractivity contribution in [1.29, 1.82) is 0 Å². The largest absolute Gasteiger partial charge is 0.484 e. The summed E-state index contributed by atoms with van der Waals surface area (Å²) in [5.41, 5.74) is 0.787. The molecule has 18 heavy (non-hydrogen) atoms. The zero-order chi connectivity index (χ0) is 13.1. The first kappa shape index (κ1) is 12.9.